The molecule has 0 N–H and O–H groups in total. The normalized spacial score (nSPS) is 10.0. The van der Waals surface area contributed by atoms with Crippen LogP contribution < -0.4 is 0 Å². The third-order valence-corrected chi connectivity index (χ3v) is 0. The molecule has 0 radical (unpaired) electrons. The van der Waals surface area contributed by atoms with Gasteiger partial charge in [0.1, 0.15) is 0 Å². The Labute approximate surface area is 52.7 Å². The maximum absolute atomic E-state index is 2.12. The molecule has 0 aliphatic carbocycles. The van der Waals surface area contributed by atoms with Gasteiger partial charge in [-0.25, -0.2) is 0 Å². The molecule has 0 aliphatic rings. The summed E-state index contributed by atoms with van der Waals surface area (Å²) < 4.78 is 1.00. The summed E-state index contributed by atoms with van der Waals surface area (Å²) in [7, 11) is 8.50. The first-order chi connectivity index (χ1) is 2.00. The number of hydrogen-bond acceptors (Lipinski definition) is 0. The van der Waals surface area contributed by atoms with Crippen molar-refractivity contribution in [2.75, 3.05) is 28.2 Å². The number of hydrogen-bond donors (Lipinski definition) is 0. The van der Waals surface area contributed by atoms with Crippen molar-refractivity contribution in [3.63, 3.8) is 0 Å². The first kappa shape index (κ1) is 9.77. The van der Waals surface area contributed by atoms with Crippen molar-refractivity contribution in [1.29, 1.82) is 0 Å². The molecule has 0 rings (SSSR count). The standard InChI is InChI=1S/C4H12N.Zn/c1-5(2,3)4;/h1-4H3;/q+1;+2. The maximum Gasteiger partial charge on any atom is 2.00 e. The van der Waals surface area contributed by atoms with Gasteiger partial charge in [0.2, 0.25) is 0 Å². The van der Waals surface area contributed by atoms with Crippen LogP contribution in [-0.2, 0) is 19.5 Å². The molecule has 0 amide bonds. The van der Waals surface area contributed by atoms with E-state index in [2.05, 4.69) is 28.2 Å². The third kappa shape index (κ3) is 173. The molecule has 0 aromatic carbocycles. The Hall–Kier alpha value is 0.583. The second-order valence-corrected chi connectivity index (χ2v) is 2.68. The molecule has 2 heteroatoms. The molecule has 1 nitrogen and oxygen atoms in total. The van der Waals surface area contributed by atoms with E-state index in [1.165, 1.54) is 0 Å². The topological polar surface area (TPSA) is 0 Å². The van der Waals surface area contributed by atoms with Crippen molar-refractivity contribution in [2.45, 2.75) is 0 Å². The SMILES string of the molecule is C[N+](C)(C)C.[Zn+2]. The zero-order chi connectivity index (χ0) is 4.50. The van der Waals surface area contributed by atoms with Crippen molar-refractivity contribution in [3.05, 3.63) is 0 Å². The molecule has 0 aromatic heterocycles. The number of quaternary nitrogens is 1. The first-order valence-electron chi connectivity index (χ1n) is 1.79. The summed E-state index contributed by atoms with van der Waals surface area (Å²) in [5.74, 6) is 0. The van der Waals surface area contributed by atoms with Crippen molar-refractivity contribution < 1.29 is 24.0 Å². The summed E-state index contributed by atoms with van der Waals surface area (Å²) in [4.78, 5) is 0. The zero-order valence-corrected chi connectivity index (χ0v) is 8.12. The van der Waals surface area contributed by atoms with Crippen LogP contribution in [0.15, 0.2) is 0 Å². The van der Waals surface area contributed by atoms with E-state index in [1.807, 2.05) is 0 Å². The van der Waals surface area contributed by atoms with E-state index < -0.39 is 0 Å². The molecule has 6 heavy (non-hydrogen) atoms. The van der Waals surface area contributed by atoms with Gasteiger partial charge in [0.25, 0.3) is 0 Å². The molecule has 0 bridgehead atoms. The van der Waals surface area contributed by atoms with Crippen LogP contribution in [0, 0.1) is 0 Å². The van der Waals surface area contributed by atoms with Crippen molar-refractivity contribution in [3.8, 4) is 0 Å². The van der Waals surface area contributed by atoms with Gasteiger partial charge in [0.05, 0.1) is 28.2 Å². The first-order valence-corrected chi connectivity index (χ1v) is 1.79. The predicted molar refractivity (Wildman–Crippen MR) is 24.0 cm³/mol. The van der Waals surface area contributed by atoms with Gasteiger partial charge in [0, 0.05) is 0 Å². The average Bonchev–Trinajstić information content (AvgIpc) is 0.722. The van der Waals surface area contributed by atoms with E-state index in [-0.39, 0.29) is 19.5 Å². The molecule has 0 saturated carbocycles. The Morgan fingerprint density at radius 1 is 0.833 bits per heavy atom. The van der Waals surface area contributed by atoms with E-state index in [1.54, 1.807) is 0 Å². The van der Waals surface area contributed by atoms with Gasteiger partial charge in [-0.05, 0) is 0 Å². The van der Waals surface area contributed by atoms with Crippen LogP contribution in [0.2, 0.25) is 0 Å². The van der Waals surface area contributed by atoms with Gasteiger partial charge in [0.15, 0.2) is 0 Å². The summed E-state index contributed by atoms with van der Waals surface area (Å²) in [6.07, 6.45) is 0. The Morgan fingerprint density at radius 2 is 0.833 bits per heavy atom. The van der Waals surface area contributed by atoms with Gasteiger partial charge in [-0.1, -0.05) is 0 Å². The van der Waals surface area contributed by atoms with E-state index in [0.29, 0.717) is 0 Å². The van der Waals surface area contributed by atoms with Crippen molar-refractivity contribution >= 4 is 0 Å². The van der Waals surface area contributed by atoms with Crippen LogP contribution in [-0.4, -0.2) is 32.7 Å². The molecule has 32 valence electrons. The Morgan fingerprint density at radius 3 is 0.833 bits per heavy atom. The predicted octanol–water partition coefficient (Wildman–Crippen LogP) is 0.320. The molecular weight excluding hydrogens is 127 g/mol. The fourth-order valence-electron chi connectivity index (χ4n) is 0. The Balaban J connectivity index is 0. The Kier molecular flexibility index (Phi) is 4.41. The molecule has 0 saturated heterocycles. The molecule has 0 fully saturated rings. The van der Waals surface area contributed by atoms with Gasteiger partial charge >= 0.3 is 19.5 Å². The second kappa shape index (κ2) is 2.71. The zero-order valence-electron chi connectivity index (χ0n) is 5.15. The summed E-state index contributed by atoms with van der Waals surface area (Å²) >= 11 is 0. The number of nitrogens with zero attached hydrogens (tertiary/aromatic N) is 1. The van der Waals surface area contributed by atoms with Crippen molar-refractivity contribution in [1.82, 2.24) is 0 Å². The summed E-state index contributed by atoms with van der Waals surface area (Å²) in [5.41, 5.74) is 0. The number of rotatable bonds is 0. The molecule has 0 atom stereocenters. The summed E-state index contributed by atoms with van der Waals surface area (Å²) in [5, 5.41) is 0. The van der Waals surface area contributed by atoms with Crippen molar-refractivity contribution in [2.24, 2.45) is 0 Å². The fourth-order valence-corrected chi connectivity index (χ4v) is 0. The fraction of sp³-hybridized carbons (Fsp3) is 1.00. The van der Waals surface area contributed by atoms with E-state index >= 15 is 0 Å². The molecule has 0 aliphatic heterocycles. The minimum Gasteiger partial charge on any atom is -0.333 e. The van der Waals surface area contributed by atoms with E-state index in [9.17, 15) is 0 Å². The quantitative estimate of drug-likeness (QED) is 0.335. The van der Waals surface area contributed by atoms with Gasteiger partial charge in [-0.3, -0.25) is 0 Å². The molecule has 0 spiro atoms. The molecular formula is C4H12NZn+3. The maximum atomic E-state index is 2.12. The second-order valence-electron chi connectivity index (χ2n) is 2.68. The van der Waals surface area contributed by atoms with Crippen LogP contribution in [0.3, 0.4) is 0 Å². The van der Waals surface area contributed by atoms with E-state index in [4.69, 9.17) is 0 Å². The Bertz CT molecular complexity index is 23.0. The van der Waals surface area contributed by atoms with Crippen LogP contribution in [0.1, 0.15) is 0 Å². The molecule has 0 aromatic rings. The summed E-state index contributed by atoms with van der Waals surface area (Å²) in [6, 6.07) is 0. The third-order valence-electron chi connectivity index (χ3n) is 0. The summed E-state index contributed by atoms with van der Waals surface area (Å²) in [6.45, 7) is 0. The van der Waals surface area contributed by atoms with Crippen LogP contribution in [0.25, 0.3) is 0 Å². The monoisotopic (exact) mass is 138 g/mol. The van der Waals surface area contributed by atoms with E-state index in [0.717, 1.165) is 4.48 Å². The smallest absolute Gasteiger partial charge is 0.333 e. The van der Waals surface area contributed by atoms with Crippen LogP contribution in [0.4, 0.5) is 0 Å². The average molecular weight is 140 g/mol. The minimum absolute atomic E-state index is 0. The van der Waals surface area contributed by atoms with Gasteiger partial charge in [-0.15, -0.1) is 0 Å². The van der Waals surface area contributed by atoms with Gasteiger partial charge in [-0.2, -0.15) is 0 Å². The minimum atomic E-state index is 0. The van der Waals surface area contributed by atoms with Crippen LogP contribution in [0.5, 0.6) is 0 Å². The van der Waals surface area contributed by atoms with Gasteiger partial charge < -0.3 is 4.48 Å². The van der Waals surface area contributed by atoms with Crippen LogP contribution >= 0.6 is 0 Å². The largest absolute Gasteiger partial charge is 2.00 e. The molecule has 0 unspecified atom stereocenters. The molecule has 0 heterocycles.